The zero-order valence-electron chi connectivity index (χ0n) is 15.4. The van der Waals surface area contributed by atoms with E-state index in [0.717, 1.165) is 22.2 Å². The van der Waals surface area contributed by atoms with Crippen molar-refractivity contribution < 1.29 is 9.53 Å². The van der Waals surface area contributed by atoms with Crippen molar-refractivity contribution in [1.29, 1.82) is 0 Å². The maximum atomic E-state index is 12.4. The number of anilines is 2. The fraction of sp³-hybridized carbons (Fsp3) is 0.0909. The van der Waals surface area contributed by atoms with Crippen LogP contribution in [0.2, 0.25) is 0 Å². The highest BCUT2D eigenvalue weighted by molar-refractivity contribution is 6.05. The molecule has 1 heterocycles. The Bertz CT molecular complexity index is 1130. The van der Waals surface area contributed by atoms with E-state index < -0.39 is 0 Å². The fourth-order valence-electron chi connectivity index (χ4n) is 3.02. The van der Waals surface area contributed by atoms with Crippen LogP contribution >= 0.6 is 0 Å². The number of ether oxygens (including phenoxy) is 1. The lowest BCUT2D eigenvalue weighted by atomic mass is 10.1. The number of benzene rings is 3. The quantitative estimate of drug-likeness (QED) is 0.520. The van der Waals surface area contributed by atoms with Crippen molar-refractivity contribution in [3.05, 3.63) is 84.1 Å². The maximum Gasteiger partial charge on any atom is 0.255 e. The largest absolute Gasteiger partial charge is 0.497 e. The van der Waals surface area contributed by atoms with E-state index in [4.69, 9.17) is 10.5 Å². The smallest absolute Gasteiger partial charge is 0.255 e. The van der Waals surface area contributed by atoms with E-state index in [-0.39, 0.29) is 5.91 Å². The van der Waals surface area contributed by atoms with Crippen LogP contribution in [0.15, 0.2) is 72.9 Å². The van der Waals surface area contributed by atoms with Crippen molar-refractivity contribution in [2.24, 2.45) is 0 Å². The Hall–Kier alpha value is -3.80. The number of aromatic nitrogens is 2. The van der Waals surface area contributed by atoms with Gasteiger partial charge in [-0.2, -0.15) is 5.10 Å². The van der Waals surface area contributed by atoms with Gasteiger partial charge in [0.2, 0.25) is 0 Å². The summed E-state index contributed by atoms with van der Waals surface area (Å²) in [7, 11) is 1.65. The molecule has 0 atom stereocenters. The molecule has 28 heavy (non-hydrogen) atoms. The first-order valence-corrected chi connectivity index (χ1v) is 8.88. The van der Waals surface area contributed by atoms with E-state index in [1.807, 2.05) is 53.3 Å². The monoisotopic (exact) mass is 372 g/mol. The van der Waals surface area contributed by atoms with Crippen LogP contribution in [0.4, 0.5) is 11.4 Å². The predicted molar refractivity (Wildman–Crippen MR) is 111 cm³/mol. The SMILES string of the molecule is COc1ccc2nn(Cc3ccc(C(=O)Nc4ccccc4N)cc3)cc2c1. The third-order valence-corrected chi connectivity index (χ3v) is 4.53. The summed E-state index contributed by atoms with van der Waals surface area (Å²) in [6.07, 6.45) is 1.98. The van der Waals surface area contributed by atoms with Crippen molar-refractivity contribution in [2.75, 3.05) is 18.2 Å². The Morgan fingerprint density at radius 3 is 2.64 bits per heavy atom. The molecule has 0 bridgehead atoms. The standard InChI is InChI=1S/C22H20N4O2/c1-28-18-10-11-20-17(12-18)14-26(25-20)13-15-6-8-16(9-7-15)22(27)24-21-5-3-2-4-19(21)23/h2-12,14H,13,23H2,1H3,(H,24,27). The van der Waals surface area contributed by atoms with Crippen molar-refractivity contribution >= 4 is 28.2 Å². The first-order chi connectivity index (χ1) is 13.6. The zero-order chi connectivity index (χ0) is 19.5. The molecule has 1 aromatic heterocycles. The Morgan fingerprint density at radius 2 is 1.89 bits per heavy atom. The Labute approximate surface area is 162 Å². The third-order valence-electron chi connectivity index (χ3n) is 4.53. The second-order valence-corrected chi connectivity index (χ2v) is 6.49. The average molecular weight is 372 g/mol. The number of nitrogens with zero attached hydrogens (tertiary/aromatic N) is 2. The minimum atomic E-state index is -0.193. The fourth-order valence-corrected chi connectivity index (χ4v) is 3.02. The summed E-state index contributed by atoms with van der Waals surface area (Å²) in [4.78, 5) is 12.4. The number of nitrogens with two attached hydrogens (primary N) is 1. The Morgan fingerprint density at radius 1 is 1.11 bits per heavy atom. The molecule has 0 aliphatic rings. The van der Waals surface area contributed by atoms with Gasteiger partial charge in [0, 0.05) is 17.1 Å². The predicted octanol–water partition coefficient (Wildman–Crippen LogP) is 3.93. The molecule has 0 saturated carbocycles. The number of amides is 1. The molecule has 0 saturated heterocycles. The van der Waals surface area contributed by atoms with Gasteiger partial charge < -0.3 is 15.8 Å². The van der Waals surface area contributed by atoms with Gasteiger partial charge in [0.05, 0.1) is 30.5 Å². The number of carbonyl (C=O) groups excluding carboxylic acids is 1. The Kier molecular flexibility index (Phi) is 4.68. The van der Waals surface area contributed by atoms with E-state index in [9.17, 15) is 4.79 Å². The molecular formula is C22H20N4O2. The van der Waals surface area contributed by atoms with Gasteiger partial charge in [-0.15, -0.1) is 0 Å². The summed E-state index contributed by atoms with van der Waals surface area (Å²) >= 11 is 0. The molecule has 3 aromatic carbocycles. The third kappa shape index (κ3) is 3.66. The van der Waals surface area contributed by atoms with Crippen LogP contribution in [-0.2, 0) is 6.54 Å². The summed E-state index contributed by atoms with van der Waals surface area (Å²) in [5, 5.41) is 8.43. The summed E-state index contributed by atoms with van der Waals surface area (Å²) < 4.78 is 7.13. The van der Waals surface area contributed by atoms with Crippen LogP contribution in [-0.4, -0.2) is 22.8 Å². The highest BCUT2D eigenvalue weighted by Gasteiger charge is 2.08. The van der Waals surface area contributed by atoms with Gasteiger partial charge >= 0.3 is 0 Å². The van der Waals surface area contributed by atoms with E-state index in [0.29, 0.717) is 23.5 Å². The number of fused-ring (bicyclic) bond motifs is 1. The van der Waals surface area contributed by atoms with Crippen LogP contribution in [0.3, 0.4) is 0 Å². The van der Waals surface area contributed by atoms with Crippen molar-refractivity contribution in [2.45, 2.75) is 6.54 Å². The molecule has 0 aliphatic heterocycles. The molecule has 0 unspecified atom stereocenters. The highest BCUT2D eigenvalue weighted by Crippen LogP contribution is 2.20. The molecule has 0 aliphatic carbocycles. The minimum Gasteiger partial charge on any atom is -0.497 e. The van der Waals surface area contributed by atoms with Gasteiger partial charge in [-0.1, -0.05) is 24.3 Å². The van der Waals surface area contributed by atoms with Crippen molar-refractivity contribution in [1.82, 2.24) is 9.78 Å². The number of nitrogens with one attached hydrogen (secondary N) is 1. The minimum absolute atomic E-state index is 0.193. The van der Waals surface area contributed by atoms with Gasteiger partial charge in [0.25, 0.3) is 5.91 Å². The van der Waals surface area contributed by atoms with Crippen LogP contribution in [0.25, 0.3) is 10.9 Å². The first kappa shape index (κ1) is 17.6. The number of carbonyl (C=O) groups is 1. The second-order valence-electron chi connectivity index (χ2n) is 6.49. The van der Waals surface area contributed by atoms with Crippen molar-refractivity contribution in [3.8, 4) is 5.75 Å². The van der Waals surface area contributed by atoms with E-state index in [2.05, 4.69) is 10.4 Å². The van der Waals surface area contributed by atoms with E-state index >= 15 is 0 Å². The van der Waals surface area contributed by atoms with Crippen LogP contribution in [0.1, 0.15) is 15.9 Å². The van der Waals surface area contributed by atoms with Gasteiger partial charge in [0.1, 0.15) is 5.75 Å². The molecule has 0 radical (unpaired) electrons. The van der Waals surface area contributed by atoms with Crippen molar-refractivity contribution in [3.63, 3.8) is 0 Å². The van der Waals surface area contributed by atoms with Gasteiger partial charge in [-0.25, -0.2) is 0 Å². The Balaban J connectivity index is 1.47. The maximum absolute atomic E-state index is 12.4. The topological polar surface area (TPSA) is 82.2 Å². The van der Waals surface area contributed by atoms with Crippen LogP contribution < -0.4 is 15.8 Å². The lowest BCUT2D eigenvalue weighted by Gasteiger charge is -2.08. The van der Waals surface area contributed by atoms with E-state index in [1.165, 1.54) is 0 Å². The summed E-state index contributed by atoms with van der Waals surface area (Å²) in [6.45, 7) is 0.616. The average Bonchev–Trinajstić information content (AvgIpc) is 3.11. The molecule has 6 nitrogen and oxygen atoms in total. The molecule has 4 rings (SSSR count). The summed E-state index contributed by atoms with van der Waals surface area (Å²) in [5.41, 5.74) is 9.56. The van der Waals surface area contributed by atoms with E-state index in [1.54, 1.807) is 31.4 Å². The number of para-hydroxylation sites is 2. The van der Waals surface area contributed by atoms with Crippen LogP contribution in [0.5, 0.6) is 5.75 Å². The highest BCUT2D eigenvalue weighted by atomic mass is 16.5. The van der Waals surface area contributed by atoms with Gasteiger partial charge in [-0.05, 0) is 48.0 Å². The van der Waals surface area contributed by atoms with Gasteiger partial charge in [0.15, 0.2) is 0 Å². The second kappa shape index (κ2) is 7.44. The molecule has 0 spiro atoms. The zero-order valence-corrected chi connectivity index (χ0v) is 15.4. The summed E-state index contributed by atoms with van der Waals surface area (Å²) in [5.74, 6) is 0.614. The molecule has 3 N–H and O–H groups in total. The first-order valence-electron chi connectivity index (χ1n) is 8.88. The lowest BCUT2D eigenvalue weighted by molar-refractivity contribution is 0.102. The van der Waals surface area contributed by atoms with Gasteiger partial charge in [-0.3, -0.25) is 9.48 Å². The normalized spacial score (nSPS) is 10.8. The number of nitrogen functional groups attached to an aromatic ring is 1. The molecular weight excluding hydrogens is 352 g/mol. The number of methoxy groups -OCH3 is 1. The molecule has 1 amide bonds. The number of hydrogen-bond donors (Lipinski definition) is 2. The molecule has 140 valence electrons. The summed E-state index contributed by atoms with van der Waals surface area (Å²) in [6, 6.07) is 20.4. The molecule has 4 aromatic rings. The number of hydrogen-bond acceptors (Lipinski definition) is 4. The molecule has 0 fully saturated rings. The van der Waals surface area contributed by atoms with Crippen LogP contribution in [0, 0.1) is 0 Å². The number of rotatable bonds is 5. The lowest BCUT2D eigenvalue weighted by Crippen LogP contribution is -2.13. The molecule has 6 heteroatoms.